The number of methoxy groups -OCH3 is 1. The van der Waals surface area contributed by atoms with Gasteiger partial charge in [-0.2, -0.15) is 0 Å². The Labute approximate surface area is 157 Å². The second-order valence-corrected chi connectivity index (χ2v) is 7.28. The lowest BCUT2D eigenvalue weighted by atomic mass is 9.83. The van der Waals surface area contributed by atoms with Crippen molar-refractivity contribution >= 4 is 33.3 Å². The van der Waals surface area contributed by atoms with Crippen molar-refractivity contribution in [3.63, 3.8) is 0 Å². The lowest BCUT2D eigenvalue weighted by molar-refractivity contribution is -0.130. The lowest BCUT2D eigenvalue weighted by Gasteiger charge is -2.18. The Kier molecular flexibility index (Phi) is 5.03. The summed E-state index contributed by atoms with van der Waals surface area (Å²) in [5, 5.41) is 7.30. The van der Waals surface area contributed by atoms with Crippen LogP contribution < -0.4 is 0 Å². The number of benzene rings is 2. The second-order valence-electron chi connectivity index (χ2n) is 7.28. The molecule has 0 saturated heterocycles. The molecule has 5 heteroatoms. The molecule has 1 atom stereocenters. The van der Waals surface area contributed by atoms with Crippen molar-refractivity contribution in [2.75, 3.05) is 13.7 Å². The number of aromatic nitrogens is 1. The maximum Gasteiger partial charge on any atom is 0.167 e. The first-order chi connectivity index (χ1) is 13.2. The van der Waals surface area contributed by atoms with Crippen LogP contribution in [0.5, 0.6) is 0 Å². The molecule has 1 aromatic heterocycles. The first-order valence-electron chi connectivity index (χ1n) is 9.51. The van der Waals surface area contributed by atoms with Gasteiger partial charge in [0.15, 0.2) is 5.58 Å². The van der Waals surface area contributed by atoms with Gasteiger partial charge in [0.2, 0.25) is 0 Å². The molecule has 0 aliphatic heterocycles. The van der Waals surface area contributed by atoms with Crippen molar-refractivity contribution in [3.8, 4) is 0 Å². The van der Waals surface area contributed by atoms with E-state index >= 15 is 0 Å². The summed E-state index contributed by atoms with van der Waals surface area (Å²) in [5.74, 6) is -0.372. The molecule has 1 aliphatic rings. The van der Waals surface area contributed by atoms with Gasteiger partial charge in [-0.1, -0.05) is 29.4 Å². The number of ether oxygens (including phenoxy) is 1. The fraction of sp³-hybridized carbons (Fsp3) is 0.409. The van der Waals surface area contributed by atoms with Gasteiger partial charge in [-0.05, 0) is 48.1 Å². The minimum absolute atomic E-state index is 0.00933. The molecular formula is C22H23NO4. The van der Waals surface area contributed by atoms with Crippen molar-refractivity contribution in [3.05, 3.63) is 41.6 Å². The number of hydrogen-bond acceptors (Lipinski definition) is 5. The normalized spacial score (nSPS) is 17.9. The minimum Gasteiger partial charge on any atom is -0.385 e. The molecule has 0 amide bonds. The fourth-order valence-corrected chi connectivity index (χ4v) is 3.97. The summed E-state index contributed by atoms with van der Waals surface area (Å²) in [5.41, 5.74) is 2.66. The molecule has 0 spiro atoms. The van der Waals surface area contributed by atoms with Crippen LogP contribution >= 0.6 is 0 Å². The molecule has 4 rings (SSSR count). The fourth-order valence-electron chi connectivity index (χ4n) is 3.97. The van der Waals surface area contributed by atoms with Gasteiger partial charge in [0, 0.05) is 20.1 Å². The smallest absolute Gasteiger partial charge is 0.167 e. The highest BCUT2D eigenvalue weighted by Gasteiger charge is 2.32. The summed E-state index contributed by atoms with van der Waals surface area (Å²) >= 11 is 0. The van der Waals surface area contributed by atoms with Gasteiger partial charge < -0.3 is 9.26 Å². The zero-order valence-electron chi connectivity index (χ0n) is 15.5. The molecule has 27 heavy (non-hydrogen) atoms. The Morgan fingerprint density at radius 1 is 1.19 bits per heavy atom. The van der Waals surface area contributed by atoms with Crippen molar-refractivity contribution in [2.45, 2.75) is 44.4 Å². The Morgan fingerprint density at radius 2 is 2.07 bits per heavy atom. The summed E-state index contributed by atoms with van der Waals surface area (Å²) in [7, 11) is 1.73. The van der Waals surface area contributed by atoms with Crippen molar-refractivity contribution in [2.24, 2.45) is 0 Å². The number of Topliss-reactive ketones (excluding diaryl/α,β-unsaturated/α-hetero) is 2. The van der Waals surface area contributed by atoms with E-state index in [1.54, 1.807) is 7.11 Å². The van der Waals surface area contributed by atoms with Gasteiger partial charge in [0.1, 0.15) is 17.3 Å². The zero-order chi connectivity index (χ0) is 18.8. The largest absolute Gasteiger partial charge is 0.385 e. The minimum atomic E-state index is -0.344. The molecule has 1 unspecified atom stereocenters. The monoisotopic (exact) mass is 365 g/mol. The number of nitrogens with zero attached hydrogens (tertiary/aromatic N) is 1. The molecule has 140 valence electrons. The van der Waals surface area contributed by atoms with Crippen LogP contribution in [0, 0.1) is 0 Å². The second kappa shape index (κ2) is 7.61. The standard InChI is InChI=1S/C22H23NO4/c1-26-11-3-2-4-14-5-8-17-15(12-14)6-10-20-21(17)22(23-27-20)18-9-7-16(24)13-19(18)25/h5-6,8,10,12,18H,2-4,7,9,11,13H2,1H3. The van der Waals surface area contributed by atoms with Gasteiger partial charge in [0.25, 0.3) is 0 Å². The topological polar surface area (TPSA) is 69.4 Å². The van der Waals surface area contributed by atoms with E-state index in [-0.39, 0.29) is 23.9 Å². The number of hydrogen-bond donors (Lipinski definition) is 0. The van der Waals surface area contributed by atoms with Gasteiger partial charge in [-0.3, -0.25) is 9.59 Å². The van der Waals surface area contributed by atoms with Crippen LogP contribution in [-0.4, -0.2) is 30.4 Å². The predicted octanol–water partition coefficient (Wildman–Crippen LogP) is 4.36. The van der Waals surface area contributed by atoms with Crippen LogP contribution in [0.1, 0.15) is 49.3 Å². The molecule has 3 aromatic rings. The number of unbranched alkanes of at least 4 members (excludes halogenated alkanes) is 1. The summed E-state index contributed by atoms with van der Waals surface area (Å²) in [4.78, 5) is 24.0. The van der Waals surface area contributed by atoms with Gasteiger partial charge in [-0.25, -0.2) is 0 Å². The SMILES string of the molecule is COCCCCc1ccc2c(ccc3onc(C4CCC(=O)CC4=O)c32)c1. The number of aryl methyl sites for hydroxylation is 1. The van der Waals surface area contributed by atoms with Crippen molar-refractivity contribution < 1.29 is 18.8 Å². The lowest BCUT2D eigenvalue weighted by Crippen LogP contribution is -2.23. The summed E-state index contributed by atoms with van der Waals surface area (Å²) in [6.45, 7) is 0.788. The number of rotatable bonds is 6. The molecule has 2 aromatic carbocycles. The van der Waals surface area contributed by atoms with E-state index in [9.17, 15) is 9.59 Å². The van der Waals surface area contributed by atoms with E-state index in [0.717, 1.165) is 42.0 Å². The summed E-state index contributed by atoms with van der Waals surface area (Å²) in [6.07, 6.45) is 4.11. The maximum absolute atomic E-state index is 12.4. The zero-order valence-corrected chi connectivity index (χ0v) is 15.5. The van der Waals surface area contributed by atoms with E-state index in [1.807, 2.05) is 12.1 Å². The molecule has 1 saturated carbocycles. The van der Waals surface area contributed by atoms with E-state index in [0.29, 0.717) is 24.1 Å². The molecule has 1 fully saturated rings. The molecular weight excluding hydrogens is 342 g/mol. The van der Waals surface area contributed by atoms with Crippen LogP contribution in [-0.2, 0) is 20.7 Å². The molecule has 1 heterocycles. The average molecular weight is 365 g/mol. The number of ketones is 2. The van der Waals surface area contributed by atoms with Crippen LogP contribution in [0.15, 0.2) is 34.9 Å². The Bertz CT molecular complexity index is 1000. The first-order valence-corrected chi connectivity index (χ1v) is 9.51. The van der Waals surface area contributed by atoms with Crippen LogP contribution in [0.2, 0.25) is 0 Å². The van der Waals surface area contributed by atoms with Gasteiger partial charge in [-0.15, -0.1) is 0 Å². The molecule has 0 bridgehead atoms. The van der Waals surface area contributed by atoms with E-state index in [1.165, 1.54) is 5.56 Å². The van der Waals surface area contributed by atoms with Crippen LogP contribution in [0.4, 0.5) is 0 Å². The van der Waals surface area contributed by atoms with Crippen molar-refractivity contribution in [1.82, 2.24) is 5.16 Å². The van der Waals surface area contributed by atoms with E-state index < -0.39 is 0 Å². The highest BCUT2D eigenvalue weighted by molar-refractivity contribution is 6.11. The maximum atomic E-state index is 12.4. The third-order valence-corrected chi connectivity index (χ3v) is 5.41. The average Bonchev–Trinajstić information content (AvgIpc) is 3.09. The highest BCUT2D eigenvalue weighted by atomic mass is 16.5. The first kappa shape index (κ1) is 17.9. The summed E-state index contributed by atoms with van der Waals surface area (Å²) in [6, 6.07) is 10.4. The molecule has 1 aliphatic carbocycles. The third-order valence-electron chi connectivity index (χ3n) is 5.41. The molecule has 5 nitrogen and oxygen atoms in total. The highest BCUT2D eigenvalue weighted by Crippen LogP contribution is 2.36. The quantitative estimate of drug-likeness (QED) is 0.480. The number of carbonyl (C=O) groups excluding carboxylic acids is 2. The predicted molar refractivity (Wildman–Crippen MR) is 103 cm³/mol. The molecule has 0 radical (unpaired) electrons. The van der Waals surface area contributed by atoms with Crippen LogP contribution in [0.3, 0.4) is 0 Å². The van der Waals surface area contributed by atoms with E-state index in [4.69, 9.17) is 9.26 Å². The number of fused-ring (bicyclic) bond motifs is 3. The third kappa shape index (κ3) is 3.52. The Hall–Kier alpha value is -2.53. The Balaban J connectivity index is 1.69. The van der Waals surface area contributed by atoms with Gasteiger partial charge >= 0.3 is 0 Å². The van der Waals surface area contributed by atoms with Crippen LogP contribution in [0.25, 0.3) is 21.7 Å². The van der Waals surface area contributed by atoms with Crippen molar-refractivity contribution in [1.29, 1.82) is 0 Å². The molecule has 0 N–H and O–H groups in total. The Morgan fingerprint density at radius 3 is 2.89 bits per heavy atom. The van der Waals surface area contributed by atoms with Gasteiger partial charge in [0.05, 0.1) is 17.7 Å². The van der Waals surface area contributed by atoms with E-state index in [2.05, 4.69) is 23.4 Å². The number of carbonyl (C=O) groups is 2. The summed E-state index contributed by atoms with van der Waals surface area (Å²) < 4.78 is 10.6.